The van der Waals surface area contributed by atoms with E-state index in [9.17, 15) is 9.90 Å². The maximum absolute atomic E-state index is 12.0. The molecule has 1 unspecified atom stereocenters. The van der Waals surface area contributed by atoms with Crippen molar-refractivity contribution < 1.29 is 9.90 Å². The number of hydrogen-bond donors (Lipinski definition) is 3. The summed E-state index contributed by atoms with van der Waals surface area (Å²) in [4.78, 5) is 12.0. The van der Waals surface area contributed by atoms with Gasteiger partial charge in [0.15, 0.2) is 0 Å². The van der Waals surface area contributed by atoms with Crippen LogP contribution in [0, 0.1) is 0 Å². The molecule has 0 fully saturated rings. The second kappa shape index (κ2) is 8.96. The minimum atomic E-state index is -0.182. The van der Waals surface area contributed by atoms with Crippen molar-refractivity contribution in [1.82, 2.24) is 10.6 Å². The highest BCUT2D eigenvalue weighted by atomic mass is 16.3. The Morgan fingerprint density at radius 2 is 1.70 bits per heavy atom. The number of carbonyl (C=O) groups is 1. The number of aliphatic hydroxyl groups excluding tert-OH is 1. The molecule has 2 aromatic carbocycles. The molecule has 2 amide bonds. The van der Waals surface area contributed by atoms with Gasteiger partial charge in [-0.1, -0.05) is 54.6 Å². The van der Waals surface area contributed by atoms with Gasteiger partial charge in [0.2, 0.25) is 0 Å². The number of carbonyl (C=O) groups excluding carboxylic acids is 1. The topological polar surface area (TPSA) is 61.4 Å². The summed E-state index contributed by atoms with van der Waals surface area (Å²) < 4.78 is 0. The van der Waals surface area contributed by atoms with Gasteiger partial charge in [0.25, 0.3) is 0 Å². The molecule has 0 aliphatic heterocycles. The first-order valence-corrected chi connectivity index (χ1v) is 7.95. The molecule has 0 aliphatic carbocycles. The minimum absolute atomic E-state index is 0.0209. The summed E-state index contributed by atoms with van der Waals surface area (Å²) in [7, 11) is 0. The van der Waals surface area contributed by atoms with E-state index in [1.54, 1.807) is 0 Å². The van der Waals surface area contributed by atoms with E-state index in [0.29, 0.717) is 6.54 Å². The average molecular weight is 312 g/mol. The lowest BCUT2D eigenvalue weighted by Gasteiger charge is -2.15. The van der Waals surface area contributed by atoms with Gasteiger partial charge in [0.1, 0.15) is 0 Å². The van der Waals surface area contributed by atoms with Crippen LogP contribution in [-0.2, 0) is 19.6 Å². The summed E-state index contributed by atoms with van der Waals surface area (Å²) in [6.45, 7) is 2.39. The fourth-order valence-corrected chi connectivity index (χ4v) is 2.43. The molecule has 122 valence electrons. The number of benzene rings is 2. The fourth-order valence-electron chi connectivity index (χ4n) is 2.43. The lowest BCUT2D eigenvalue weighted by molar-refractivity contribution is 0.236. The summed E-state index contributed by atoms with van der Waals surface area (Å²) in [5.74, 6) is 0. The van der Waals surface area contributed by atoms with Crippen molar-refractivity contribution in [2.75, 3.05) is 0 Å². The van der Waals surface area contributed by atoms with E-state index in [4.69, 9.17) is 0 Å². The molecular weight excluding hydrogens is 288 g/mol. The maximum Gasteiger partial charge on any atom is 0.315 e. The van der Waals surface area contributed by atoms with Crippen molar-refractivity contribution >= 4 is 6.03 Å². The van der Waals surface area contributed by atoms with E-state index in [2.05, 4.69) is 22.8 Å². The number of aryl methyl sites for hydroxylation is 1. The SMILES string of the molecule is CC(CCc1ccccc1)NC(=O)NCc1ccccc1CO. The van der Waals surface area contributed by atoms with Crippen molar-refractivity contribution in [1.29, 1.82) is 0 Å². The normalized spacial score (nSPS) is 11.7. The molecule has 0 aliphatic rings. The fraction of sp³-hybridized carbons (Fsp3) is 0.316. The summed E-state index contributed by atoms with van der Waals surface area (Å²) in [5.41, 5.74) is 3.05. The molecule has 2 rings (SSSR count). The monoisotopic (exact) mass is 312 g/mol. The molecular formula is C19H24N2O2. The summed E-state index contributed by atoms with van der Waals surface area (Å²) in [5, 5.41) is 15.1. The molecule has 3 N–H and O–H groups in total. The minimum Gasteiger partial charge on any atom is -0.392 e. The van der Waals surface area contributed by atoms with Gasteiger partial charge in [-0.15, -0.1) is 0 Å². The Balaban J connectivity index is 1.73. The number of hydrogen-bond acceptors (Lipinski definition) is 2. The van der Waals surface area contributed by atoms with Gasteiger partial charge in [0, 0.05) is 12.6 Å². The lowest BCUT2D eigenvalue weighted by atomic mass is 10.1. The number of nitrogens with one attached hydrogen (secondary N) is 2. The van der Waals surface area contributed by atoms with Crippen LogP contribution >= 0.6 is 0 Å². The standard InChI is InChI=1S/C19H24N2O2/c1-15(11-12-16-7-3-2-4-8-16)21-19(23)20-13-17-9-5-6-10-18(17)14-22/h2-10,15,22H,11-14H2,1H3,(H2,20,21,23). The first-order chi connectivity index (χ1) is 11.2. The Morgan fingerprint density at radius 3 is 2.39 bits per heavy atom. The van der Waals surface area contributed by atoms with E-state index < -0.39 is 0 Å². The van der Waals surface area contributed by atoms with Crippen LogP contribution in [0.5, 0.6) is 0 Å². The van der Waals surface area contributed by atoms with Crippen molar-refractivity contribution in [3.05, 3.63) is 71.3 Å². The summed E-state index contributed by atoms with van der Waals surface area (Å²) >= 11 is 0. The van der Waals surface area contributed by atoms with E-state index in [1.165, 1.54) is 5.56 Å². The Morgan fingerprint density at radius 1 is 1.04 bits per heavy atom. The molecule has 0 bridgehead atoms. The van der Waals surface area contributed by atoms with Crippen molar-refractivity contribution in [2.24, 2.45) is 0 Å². The van der Waals surface area contributed by atoms with Crippen LogP contribution in [0.2, 0.25) is 0 Å². The molecule has 0 saturated carbocycles. The van der Waals surface area contributed by atoms with Crippen molar-refractivity contribution in [3.63, 3.8) is 0 Å². The molecule has 23 heavy (non-hydrogen) atoms. The van der Waals surface area contributed by atoms with E-state index in [-0.39, 0.29) is 18.7 Å². The summed E-state index contributed by atoms with van der Waals surface area (Å²) in [6, 6.07) is 17.7. The first-order valence-electron chi connectivity index (χ1n) is 7.95. The molecule has 4 heteroatoms. The zero-order valence-electron chi connectivity index (χ0n) is 13.5. The van der Waals surface area contributed by atoms with Crippen LogP contribution in [0.1, 0.15) is 30.0 Å². The molecule has 2 aromatic rings. The second-order valence-electron chi connectivity index (χ2n) is 5.68. The molecule has 0 heterocycles. The highest BCUT2D eigenvalue weighted by Crippen LogP contribution is 2.08. The summed E-state index contributed by atoms with van der Waals surface area (Å²) in [6.07, 6.45) is 1.83. The third kappa shape index (κ3) is 5.75. The Labute approximate surface area is 137 Å². The van der Waals surface area contributed by atoms with Crippen LogP contribution < -0.4 is 10.6 Å². The smallest absolute Gasteiger partial charge is 0.315 e. The van der Waals surface area contributed by atoms with E-state index in [1.807, 2.05) is 49.4 Å². The predicted octanol–water partition coefficient (Wildman–Crippen LogP) is 3.00. The number of rotatable bonds is 7. The van der Waals surface area contributed by atoms with Gasteiger partial charge in [0.05, 0.1) is 6.61 Å². The van der Waals surface area contributed by atoms with Crippen LogP contribution in [0.3, 0.4) is 0 Å². The Bertz CT molecular complexity index is 614. The number of urea groups is 1. The number of aliphatic hydroxyl groups is 1. The van der Waals surface area contributed by atoms with Gasteiger partial charge >= 0.3 is 6.03 Å². The van der Waals surface area contributed by atoms with Crippen LogP contribution in [0.4, 0.5) is 4.79 Å². The third-order valence-electron chi connectivity index (χ3n) is 3.81. The lowest BCUT2D eigenvalue weighted by Crippen LogP contribution is -2.40. The Hall–Kier alpha value is -2.33. The van der Waals surface area contributed by atoms with E-state index >= 15 is 0 Å². The van der Waals surface area contributed by atoms with Gasteiger partial charge in [-0.05, 0) is 36.5 Å². The van der Waals surface area contributed by atoms with Gasteiger partial charge in [-0.25, -0.2) is 4.79 Å². The molecule has 0 aromatic heterocycles. The molecule has 0 radical (unpaired) electrons. The Kier molecular flexibility index (Phi) is 6.63. The highest BCUT2D eigenvalue weighted by Gasteiger charge is 2.08. The second-order valence-corrected chi connectivity index (χ2v) is 5.68. The zero-order valence-corrected chi connectivity index (χ0v) is 13.5. The maximum atomic E-state index is 12.0. The predicted molar refractivity (Wildman–Crippen MR) is 92.0 cm³/mol. The van der Waals surface area contributed by atoms with Crippen LogP contribution in [0.25, 0.3) is 0 Å². The average Bonchev–Trinajstić information content (AvgIpc) is 2.59. The van der Waals surface area contributed by atoms with Gasteiger partial charge in [-0.2, -0.15) is 0 Å². The largest absolute Gasteiger partial charge is 0.392 e. The zero-order chi connectivity index (χ0) is 16.5. The molecule has 0 spiro atoms. The van der Waals surface area contributed by atoms with Gasteiger partial charge < -0.3 is 15.7 Å². The van der Waals surface area contributed by atoms with Gasteiger partial charge in [-0.3, -0.25) is 0 Å². The quantitative estimate of drug-likeness (QED) is 0.736. The van der Waals surface area contributed by atoms with Crippen LogP contribution in [-0.4, -0.2) is 17.2 Å². The van der Waals surface area contributed by atoms with Crippen LogP contribution in [0.15, 0.2) is 54.6 Å². The highest BCUT2D eigenvalue weighted by molar-refractivity contribution is 5.74. The molecule has 0 saturated heterocycles. The molecule has 1 atom stereocenters. The van der Waals surface area contributed by atoms with Crippen molar-refractivity contribution in [3.8, 4) is 0 Å². The molecule has 4 nitrogen and oxygen atoms in total. The third-order valence-corrected chi connectivity index (χ3v) is 3.81. The first kappa shape index (κ1) is 17.0. The van der Waals surface area contributed by atoms with Crippen molar-refractivity contribution in [2.45, 2.75) is 39.0 Å². The number of amides is 2. The van der Waals surface area contributed by atoms with E-state index in [0.717, 1.165) is 24.0 Å².